The Morgan fingerprint density at radius 3 is 2.06 bits per heavy atom. The van der Waals surface area contributed by atoms with Crippen LogP contribution in [0.5, 0.6) is 0 Å². The van der Waals surface area contributed by atoms with Crippen LogP contribution in [0.2, 0.25) is 0 Å². The van der Waals surface area contributed by atoms with E-state index in [1.165, 1.54) is 0 Å². The molecule has 0 aliphatic heterocycles. The van der Waals surface area contributed by atoms with Crippen molar-refractivity contribution in [2.45, 2.75) is 20.8 Å². The Kier molecular flexibility index (Phi) is 4.62. The molecule has 0 atom stereocenters. The third-order valence-electron chi connectivity index (χ3n) is 2.49. The smallest absolute Gasteiger partial charge is 0.251 e. The first-order valence-corrected chi connectivity index (χ1v) is 5.90. The second kappa shape index (κ2) is 5.78. The summed E-state index contributed by atoms with van der Waals surface area (Å²) in [6, 6.07) is 6.54. The average molecular weight is 249 g/mol. The van der Waals surface area contributed by atoms with E-state index in [1.807, 2.05) is 20.8 Å². The lowest BCUT2D eigenvalue weighted by molar-refractivity contribution is 0.0857. The number of aliphatic hydroxyl groups excluding tert-OH is 1. The average Bonchev–Trinajstić information content (AvgIpc) is 2.34. The lowest BCUT2D eigenvalue weighted by atomic mass is 9.86. The van der Waals surface area contributed by atoms with Gasteiger partial charge in [0, 0.05) is 23.1 Å². The second-order valence-corrected chi connectivity index (χ2v) is 5.14. The summed E-state index contributed by atoms with van der Waals surface area (Å²) in [5.41, 5.74) is 0.649. The largest absolute Gasteiger partial charge is 0.395 e. The molecule has 0 radical (unpaired) electrons. The molecule has 4 nitrogen and oxygen atoms in total. The van der Waals surface area contributed by atoms with E-state index in [0.717, 1.165) is 0 Å². The van der Waals surface area contributed by atoms with Crippen molar-refractivity contribution in [1.29, 1.82) is 0 Å². The Labute approximate surface area is 107 Å². The number of benzene rings is 1. The molecule has 4 heteroatoms. The minimum Gasteiger partial charge on any atom is -0.395 e. The van der Waals surface area contributed by atoms with Gasteiger partial charge in [-0.15, -0.1) is 0 Å². The van der Waals surface area contributed by atoms with Crippen molar-refractivity contribution in [3.8, 4) is 0 Å². The van der Waals surface area contributed by atoms with Gasteiger partial charge >= 0.3 is 0 Å². The highest BCUT2D eigenvalue weighted by atomic mass is 16.3. The Balaban J connectivity index is 2.80. The number of nitrogens with one attached hydrogen (secondary N) is 1. The molecule has 2 N–H and O–H groups in total. The summed E-state index contributed by atoms with van der Waals surface area (Å²) in [6.07, 6.45) is 0. The molecule has 0 aliphatic carbocycles. The molecule has 1 rings (SSSR count). The number of hydrogen-bond acceptors (Lipinski definition) is 3. The zero-order valence-corrected chi connectivity index (χ0v) is 11.0. The van der Waals surface area contributed by atoms with Gasteiger partial charge in [0.2, 0.25) is 0 Å². The van der Waals surface area contributed by atoms with Gasteiger partial charge in [-0.05, 0) is 12.1 Å². The lowest BCUT2D eigenvalue weighted by Gasteiger charge is -2.16. The Morgan fingerprint density at radius 1 is 1.11 bits per heavy atom. The van der Waals surface area contributed by atoms with Crippen LogP contribution in [0.15, 0.2) is 24.3 Å². The first kappa shape index (κ1) is 14.4. The van der Waals surface area contributed by atoms with Gasteiger partial charge in [0.05, 0.1) is 6.61 Å². The number of hydrogen-bond donors (Lipinski definition) is 2. The first-order chi connectivity index (χ1) is 8.36. The van der Waals surface area contributed by atoms with Gasteiger partial charge in [-0.25, -0.2) is 0 Å². The monoisotopic (exact) mass is 249 g/mol. The fourth-order valence-electron chi connectivity index (χ4n) is 1.48. The molecule has 1 aromatic carbocycles. The SMILES string of the molecule is CC(C)(C)C(=O)c1ccc(C(=O)NCCO)cc1. The van der Waals surface area contributed by atoms with Crippen molar-refractivity contribution < 1.29 is 14.7 Å². The summed E-state index contributed by atoms with van der Waals surface area (Å²) in [5.74, 6) is -0.205. The van der Waals surface area contributed by atoms with Crippen molar-refractivity contribution in [2.24, 2.45) is 5.41 Å². The van der Waals surface area contributed by atoms with Crippen molar-refractivity contribution in [2.75, 3.05) is 13.2 Å². The molecule has 18 heavy (non-hydrogen) atoms. The van der Waals surface area contributed by atoms with Crippen LogP contribution >= 0.6 is 0 Å². The molecular formula is C14H19NO3. The van der Waals surface area contributed by atoms with Crippen LogP contribution in [0.25, 0.3) is 0 Å². The molecule has 1 aromatic rings. The molecule has 1 amide bonds. The van der Waals surface area contributed by atoms with Gasteiger partial charge in [0.25, 0.3) is 5.91 Å². The number of amides is 1. The Bertz CT molecular complexity index is 429. The summed E-state index contributed by atoms with van der Waals surface area (Å²) < 4.78 is 0. The van der Waals surface area contributed by atoms with Crippen LogP contribution in [-0.4, -0.2) is 29.9 Å². The van der Waals surface area contributed by atoms with E-state index < -0.39 is 5.41 Å². The van der Waals surface area contributed by atoms with Crippen LogP contribution in [0.4, 0.5) is 0 Å². The summed E-state index contributed by atoms with van der Waals surface area (Å²) in [5, 5.41) is 11.2. The van der Waals surface area contributed by atoms with E-state index >= 15 is 0 Å². The molecular weight excluding hydrogens is 230 g/mol. The zero-order valence-electron chi connectivity index (χ0n) is 11.0. The maximum atomic E-state index is 12.0. The van der Waals surface area contributed by atoms with Gasteiger partial charge in [0.15, 0.2) is 5.78 Å². The highest BCUT2D eigenvalue weighted by Gasteiger charge is 2.22. The quantitative estimate of drug-likeness (QED) is 0.797. The van der Waals surface area contributed by atoms with Gasteiger partial charge in [-0.2, -0.15) is 0 Å². The predicted molar refractivity (Wildman–Crippen MR) is 69.6 cm³/mol. The summed E-state index contributed by atoms with van der Waals surface area (Å²) in [7, 11) is 0. The van der Waals surface area contributed by atoms with E-state index in [0.29, 0.717) is 11.1 Å². The zero-order chi connectivity index (χ0) is 13.8. The van der Waals surface area contributed by atoms with Gasteiger partial charge < -0.3 is 10.4 Å². The fraction of sp³-hybridized carbons (Fsp3) is 0.429. The van der Waals surface area contributed by atoms with E-state index in [1.54, 1.807) is 24.3 Å². The number of rotatable bonds is 4. The third-order valence-corrected chi connectivity index (χ3v) is 2.49. The highest BCUT2D eigenvalue weighted by Crippen LogP contribution is 2.20. The van der Waals surface area contributed by atoms with E-state index in [2.05, 4.69) is 5.32 Å². The molecule has 0 spiro atoms. The van der Waals surface area contributed by atoms with Crippen molar-refractivity contribution in [1.82, 2.24) is 5.32 Å². The molecule has 0 heterocycles. The summed E-state index contributed by atoms with van der Waals surface area (Å²) in [4.78, 5) is 23.6. The number of carbonyl (C=O) groups excluding carboxylic acids is 2. The highest BCUT2D eigenvalue weighted by molar-refractivity contribution is 6.01. The summed E-state index contributed by atoms with van der Waals surface area (Å²) in [6.45, 7) is 5.71. The van der Waals surface area contributed by atoms with Crippen molar-refractivity contribution in [3.05, 3.63) is 35.4 Å². The Morgan fingerprint density at radius 2 is 1.61 bits per heavy atom. The van der Waals surface area contributed by atoms with Crippen LogP contribution in [0.3, 0.4) is 0 Å². The molecule has 0 aliphatic rings. The number of Topliss-reactive ketones (excluding diaryl/α,β-unsaturated/α-hetero) is 1. The van der Waals surface area contributed by atoms with E-state index in [4.69, 9.17) is 5.11 Å². The normalized spacial score (nSPS) is 11.1. The standard InChI is InChI=1S/C14H19NO3/c1-14(2,3)12(17)10-4-6-11(7-5-10)13(18)15-8-9-16/h4-7,16H,8-9H2,1-3H3,(H,15,18). The van der Waals surface area contributed by atoms with Gasteiger partial charge in [-0.1, -0.05) is 32.9 Å². The fourth-order valence-corrected chi connectivity index (χ4v) is 1.48. The van der Waals surface area contributed by atoms with Gasteiger partial charge in [-0.3, -0.25) is 9.59 Å². The maximum Gasteiger partial charge on any atom is 0.251 e. The van der Waals surface area contributed by atoms with Crippen LogP contribution in [0, 0.1) is 5.41 Å². The van der Waals surface area contributed by atoms with Crippen LogP contribution < -0.4 is 5.32 Å². The minimum atomic E-state index is -0.430. The second-order valence-electron chi connectivity index (χ2n) is 5.14. The molecule has 0 aromatic heterocycles. The molecule has 0 saturated heterocycles. The number of ketones is 1. The minimum absolute atomic E-state index is 0.0461. The van der Waals surface area contributed by atoms with E-state index in [9.17, 15) is 9.59 Å². The topological polar surface area (TPSA) is 66.4 Å². The molecule has 0 fully saturated rings. The van der Waals surface area contributed by atoms with E-state index in [-0.39, 0.29) is 24.8 Å². The molecule has 0 bridgehead atoms. The molecule has 0 unspecified atom stereocenters. The number of aliphatic hydroxyl groups is 1. The van der Waals surface area contributed by atoms with Crippen LogP contribution in [-0.2, 0) is 0 Å². The predicted octanol–water partition coefficient (Wildman–Crippen LogP) is 1.64. The Hall–Kier alpha value is -1.68. The molecule has 98 valence electrons. The van der Waals surface area contributed by atoms with Gasteiger partial charge in [0.1, 0.15) is 0 Å². The van der Waals surface area contributed by atoms with Crippen LogP contribution in [0.1, 0.15) is 41.5 Å². The summed E-state index contributed by atoms with van der Waals surface area (Å²) >= 11 is 0. The van der Waals surface area contributed by atoms with Crippen molar-refractivity contribution >= 4 is 11.7 Å². The lowest BCUT2D eigenvalue weighted by Crippen LogP contribution is -2.26. The number of carbonyl (C=O) groups is 2. The third kappa shape index (κ3) is 3.67. The maximum absolute atomic E-state index is 12.0. The first-order valence-electron chi connectivity index (χ1n) is 5.90. The molecule has 0 saturated carbocycles. The van der Waals surface area contributed by atoms with Crippen molar-refractivity contribution in [3.63, 3.8) is 0 Å².